The van der Waals surface area contributed by atoms with E-state index < -0.39 is 0 Å². The van der Waals surface area contributed by atoms with Crippen LogP contribution in [0.3, 0.4) is 0 Å². The zero-order valence-corrected chi connectivity index (χ0v) is 14.0. The maximum absolute atomic E-state index is 4.81. The van der Waals surface area contributed by atoms with Crippen LogP contribution in [0.15, 0.2) is 0 Å². The zero-order valence-electron chi connectivity index (χ0n) is 13.2. The van der Waals surface area contributed by atoms with Gasteiger partial charge in [-0.15, -0.1) is 0 Å². The average molecular weight is 293 g/mol. The Morgan fingerprint density at radius 2 is 2.15 bits per heavy atom. The van der Waals surface area contributed by atoms with Gasteiger partial charge >= 0.3 is 0 Å². The van der Waals surface area contributed by atoms with Crippen molar-refractivity contribution in [3.05, 3.63) is 22.8 Å². The monoisotopic (exact) mass is 293 g/mol. The highest BCUT2D eigenvalue weighted by atomic mass is 32.2. The van der Waals surface area contributed by atoms with Gasteiger partial charge in [-0.3, -0.25) is 0 Å². The summed E-state index contributed by atoms with van der Waals surface area (Å²) in [5, 5.41) is 4.11. The molecule has 0 aliphatic heterocycles. The van der Waals surface area contributed by atoms with E-state index in [2.05, 4.69) is 33.0 Å². The fraction of sp³-hybridized carbons (Fsp3) is 0.750. The normalized spacial score (nSPS) is 18.4. The fourth-order valence-electron chi connectivity index (χ4n) is 2.75. The van der Waals surface area contributed by atoms with E-state index in [9.17, 15) is 0 Å². The molecule has 0 fully saturated rings. The quantitative estimate of drug-likeness (QED) is 0.874. The van der Waals surface area contributed by atoms with Crippen LogP contribution in [0, 0.1) is 12.8 Å². The summed E-state index contributed by atoms with van der Waals surface area (Å²) >= 11 is 1.92. The summed E-state index contributed by atoms with van der Waals surface area (Å²) in [6.45, 7) is 11.0. The van der Waals surface area contributed by atoms with E-state index >= 15 is 0 Å². The van der Waals surface area contributed by atoms with Gasteiger partial charge in [0.25, 0.3) is 0 Å². The summed E-state index contributed by atoms with van der Waals surface area (Å²) in [6, 6.07) is 0. The van der Waals surface area contributed by atoms with Crippen LogP contribution < -0.4 is 5.32 Å². The van der Waals surface area contributed by atoms with Gasteiger partial charge in [-0.25, -0.2) is 9.97 Å². The van der Waals surface area contributed by atoms with Crippen LogP contribution in [0.1, 0.15) is 50.0 Å². The molecule has 1 N–H and O–H groups in total. The van der Waals surface area contributed by atoms with Crippen LogP contribution >= 0.6 is 11.8 Å². The molecule has 1 aromatic heterocycles. The third-order valence-electron chi connectivity index (χ3n) is 3.86. The van der Waals surface area contributed by atoms with Crippen molar-refractivity contribution in [1.82, 2.24) is 15.3 Å². The second-order valence-corrected chi connectivity index (χ2v) is 7.49. The lowest BCUT2D eigenvalue weighted by atomic mass is 9.86. The lowest BCUT2D eigenvalue weighted by Crippen LogP contribution is -2.28. The van der Waals surface area contributed by atoms with Crippen molar-refractivity contribution in [1.29, 1.82) is 0 Å². The fourth-order valence-corrected chi connectivity index (χ4v) is 3.36. The van der Waals surface area contributed by atoms with Gasteiger partial charge in [0.05, 0.1) is 5.75 Å². The molecule has 1 aromatic rings. The van der Waals surface area contributed by atoms with Crippen molar-refractivity contribution in [2.45, 2.75) is 58.0 Å². The SMILES string of the molecule is CCNCC1CCc2nc(CSC(C)C)nc(C)c2C1. The van der Waals surface area contributed by atoms with E-state index in [-0.39, 0.29) is 0 Å². The number of rotatable bonds is 6. The predicted octanol–water partition coefficient (Wildman–Crippen LogP) is 3.14. The van der Waals surface area contributed by atoms with Crippen LogP contribution in [0.25, 0.3) is 0 Å². The van der Waals surface area contributed by atoms with Gasteiger partial charge in [0.2, 0.25) is 0 Å². The Bertz CT molecular complexity index is 446. The number of hydrogen-bond donors (Lipinski definition) is 1. The van der Waals surface area contributed by atoms with Crippen molar-refractivity contribution in [3.63, 3.8) is 0 Å². The molecule has 0 radical (unpaired) electrons. The molecule has 1 heterocycles. The Hall–Kier alpha value is -0.610. The topological polar surface area (TPSA) is 37.8 Å². The predicted molar refractivity (Wildman–Crippen MR) is 87.3 cm³/mol. The molecular formula is C16H27N3S. The molecule has 4 heteroatoms. The van der Waals surface area contributed by atoms with Gasteiger partial charge in [0.15, 0.2) is 0 Å². The highest BCUT2D eigenvalue weighted by Gasteiger charge is 2.22. The summed E-state index contributed by atoms with van der Waals surface area (Å²) < 4.78 is 0. The van der Waals surface area contributed by atoms with E-state index in [1.807, 2.05) is 11.8 Å². The van der Waals surface area contributed by atoms with Crippen molar-refractivity contribution < 1.29 is 0 Å². The Kier molecular flexibility index (Phi) is 5.85. The molecule has 1 unspecified atom stereocenters. The van der Waals surface area contributed by atoms with Crippen LogP contribution in [0.2, 0.25) is 0 Å². The second kappa shape index (κ2) is 7.41. The van der Waals surface area contributed by atoms with Crippen molar-refractivity contribution in [2.75, 3.05) is 13.1 Å². The lowest BCUT2D eigenvalue weighted by molar-refractivity contribution is 0.422. The second-order valence-electron chi connectivity index (χ2n) is 5.93. The Balaban J connectivity index is 2.06. The standard InChI is InChI=1S/C16H27N3S/c1-5-17-9-13-6-7-15-14(8-13)12(4)18-16(19-15)10-20-11(2)3/h11,13,17H,5-10H2,1-4H3. The highest BCUT2D eigenvalue weighted by Crippen LogP contribution is 2.27. The number of nitrogens with one attached hydrogen (secondary N) is 1. The maximum Gasteiger partial charge on any atom is 0.138 e. The molecule has 0 saturated carbocycles. The Morgan fingerprint density at radius 1 is 1.35 bits per heavy atom. The first kappa shape index (κ1) is 15.8. The van der Waals surface area contributed by atoms with Crippen LogP contribution in [-0.4, -0.2) is 28.3 Å². The van der Waals surface area contributed by atoms with Gasteiger partial charge < -0.3 is 5.32 Å². The molecule has 2 rings (SSSR count). The molecule has 0 bridgehead atoms. The van der Waals surface area contributed by atoms with Crippen LogP contribution in [0.5, 0.6) is 0 Å². The number of hydrogen-bond acceptors (Lipinski definition) is 4. The third kappa shape index (κ3) is 4.19. The van der Waals surface area contributed by atoms with E-state index in [1.54, 1.807) is 0 Å². The summed E-state index contributed by atoms with van der Waals surface area (Å²) in [4.78, 5) is 9.53. The summed E-state index contributed by atoms with van der Waals surface area (Å²) in [5.41, 5.74) is 3.93. The van der Waals surface area contributed by atoms with E-state index in [0.29, 0.717) is 5.25 Å². The zero-order chi connectivity index (χ0) is 14.5. The molecule has 0 saturated heterocycles. The molecule has 1 aliphatic rings. The minimum absolute atomic E-state index is 0.638. The number of aryl methyl sites for hydroxylation is 2. The third-order valence-corrected chi connectivity index (χ3v) is 4.95. The van der Waals surface area contributed by atoms with Gasteiger partial charge in [-0.2, -0.15) is 11.8 Å². The molecule has 1 atom stereocenters. The smallest absolute Gasteiger partial charge is 0.138 e. The van der Waals surface area contributed by atoms with E-state index in [1.165, 1.54) is 23.4 Å². The summed E-state index contributed by atoms with van der Waals surface area (Å²) in [5.74, 6) is 2.71. The van der Waals surface area contributed by atoms with Crippen LogP contribution in [0.4, 0.5) is 0 Å². The van der Waals surface area contributed by atoms with Gasteiger partial charge in [0, 0.05) is 11.4 Å². The van der Waals surface area contributed by atoms with Gasteiger partial charge in [-0.1, -0.05) is 20.8 Å². The van der Waals surface area contributed by atoms with Crippen LogP contribution in [-0.2, 0) is 18.6 Å². The van der Waals surface area contributed by atoms with Gasteiger partial charge in [-0.05, 0) is 56.0 Å². The molecule has 0 spiro atoms. The average Bonchev–Trinajstić information content (AvgIpc) is 2.43. The largest absolute Gasteiger partial charge is 0.317 e. The first-order valence-corrected chi connectivity index (χ1v) is 8.82. The molecule has 0 amide bonds. The first-order chi connectivity index (χ1) is 9.60. The maximum atomic E-state index is 4.81. The van der Waals surface area contributed by atoms with E-state index in [0.717, 1.165) is 43.4 Å². The molecule has 1 aliphatic carbocycles. The summed E-state index contributed by atoms with van der Waals surface area (Å²) in [7, 11) is 0. The molecule has 3 nitrogen and oxygen atoms in total. The van der Waals surface area contributed by atoms with Crippen molar-refractivity contribution in [3.8, 4) is 0 Å². The number of aromatic nitrogens is 2. The molecule has 0 aromatic carbocycles. The number of nitrogens with zero attached hydrogens (tertiary/aromatic N) is 2. The van der Waals surface area contributed by atoms with E-state index in [4.69, 9.17) is 9.97 Å². The van der Waals surface area contributed by atoms with Crippen molar-refractivity contribution >= 4 is 11.8 Å². The number of thioether (sulfide) groups is 1. The first-order valence-electron chi connectivity index (χ1n) is 7.77. The number of fused-ring (bicyclic) bond motifs is 1. The molecular weight excluding hydrogens is 266 g/mol. The summed E-state index contributed by atoms with van der Waals surface area (Å²) in [6.07, 6.45) is 3.52. The highest BCUT2D eigenvalue weighted by molar-refractivity contribution is 7.99. The van der Waals surface area contributed by atoms with Gasteiger partial charge in [0.1, 0.15) is 5.82 Å². The minimum atomic E-state index is 0.638. The Labute approximate surface area is 127 Å². The molecule has 112 valence electrons. The van der Waals surface area contributed by atoms with Crippen molar-refractivity contribution in [2.24, 2.45) is 5.92 Å². The minimum Gasteiger partial charge on any atom is -0.317 e. The molecule has 20 heavy (non-hydrogen) atoms. The lowest BCUT2D eigenvalue weighted by Gasteiger charge is -2.25. The Morgan fingerprint density at radius 3 is 2.85 bits per heavy atom.